The second kappa shape index (κ2) is 6.46. The van der Waals surface area contributed by atoms with Crippen molar-refractivity contribution in [2.75, 3.05) is 24.5 Å². The second-order valence-electron chi connectivity index (χ2n) is 7.09. The third-order valence-electron chi connectivity index (χ3n) is 5.36. The Morgan fingerprint density at radius 2 is 1.96 bits per heavy atom. The van der Waals surface area contributed by atoms with E-state index in [1.54, 1.807) is 0 Å². The first-order chi connectivity index (χ1) is 11.8. The number of rotatable bonds is 5. The molecule has 5 nitrogen and oxygen atoms in total. The molecule has 1 N–H and O–H groups in total. The molecule has 1 saturated carbocycles. The van der Waals surface area contributed by atoms with Crippen molar-refractivity contribution in [1.82, 2.24) is 14.9 Å². The van der Waals surface area contributed by atoms with Crippen LogP contribution in [0.25, 0.3) is 11.0 Å². The number of para-hydroxylation sites is 2. The summed E-state index contributed by atoms with van der Waals surface area (Å²) in [6.07, 6.45) is 4.41. The van der Waals surface area contributed by atoms with E-state index in [4.69, 9.17) is 4.98 Å². The highest BCUT2D eigenvalue weighted by atomic mass is 16.1. The van der Waals surface area contributed by atoms with Gasteiger partial charge < -0.3 is 14.8 Å². The van der Waals surface area contributed by atoms with Gasteiger partial charge in [-0.15, -0.1) is 0 Å². The van der Waals surface area contributed by atoms with Crippen LogP contribution in [0.3, 0.4) is 0 Å². The van der Waals surface area contributed by atoms with Crippen LogP contribution in [-0.2, 0) is 11.3 Å². The molecule has 1 aliphatic carbocycles. The molecule has 0 atom stereocenters. The molecule has 128 valence electrons. The summed E-state index contributed by atoms with van der Waals surface area (Å²) in [5, 5.41) is 3.13. The summed E-state index contributed by atoms with van der Waals surface area (Å²) in [4.78, 5) is 19.5. The number of hydrogen-bond donors (Lipinski definition) is 1. The summed E-state index contributed by atoms with van der Waals surface area (Å²) in [6, 6.07) is 8.31. The predicted octanol–water partition coefficient (Wildman–Crippen LogP) is 2.80. The van der Waals surface area contributed by atoms with E-state index in [2.05, 4.69) is 39.9 Å². The Kier molecular flexibility index (Phi) is 4.17. The summed E-state index contributed by atoms with van der Waals surface area (Å²) in [7, 11) is 0. The number of nitrogens with zero attached hydrogens (tertiary/aromatic N) is 3. The maximum Gasteiger partial charge on any atom is 0.223 e. The van der Waals surface area contributed by atoms with Crippen LogP contribution in [0, 0.1) is 11.8 Å². The van der Waals surface area contributed by atoms with Gasteiger partial charge in [0.05, 0.1) is 11.0 Å². The van der Waals surface area contributed by atoms with E-state index in [0.29, 0.717) is 0 Å². The molecule has 2 aliphatic rings. The monoisotopic (exact) mass is 326 g/mol. The summed E-state index contributed by atoms with van der Waals surface area (Å²) in [5.41, 5.74) is 2.25. The standard InChI is InChI=1S/C19H26N4O/c1-2-23-17-6-4-3-5-16(17)21-19(23)22-11-9-15(10-12-22)18(24)20-13-14-7-8-14/h3-6,14-15H,2,7-13H2,1H3,(H,20,24). The smallest absolute Gasteiger partial charge is 0.223 e. The van der Waals surface area contributed by atoms with Crippen molar-refractivity contribution in [3.05, 3.63) is 24.3 Å². The summed E-state index contributed by atoms with van der Waals surface area (Å²) in [6.45, 7) is 5.77. The number of anilines is 1. The Morgan fingerprint density at radius 1 is 1.21 bits per heavy atom. The van der Waals surface area contributed by atoms with Crippen molar-refractivity contribution in [1.29, 1.82) is 0 Å². The topological polar surface area (TPSA) is 50.2 Å². The van der Waals surface area contributed by atoms with Gasteiger partial charge in [0, 0.05) is 32.1 Å². The number of carbonyl (C=O) groups excluding carboxylic acids is 1. The Labute approximate surface area is 143 Å². The van der Waals surface area contributed by atoms with Gasteiger partial charge in [0.15, 0.2) is 0 Å². The van der Waals surface area contributed by atoms with Crippen molar-refractivity contribution in [2.45, 2.75) is 39.2 Å². The minimum Gasteiger partial charge on any atom is -0.356 e. The molecule has 2 heterocycles. The van der Waals surface area contributed by atoms with Gasteiger partial charge in [-0.05, 0) is 50.7 Å². The van der Waals surface area contributed by atoms with Gasteiger partial charge in [-0.3, -0.25) is 4.79 Å². The van der Waals surface area contributed by atoms with Crippen molar-refractivity contribution in [3.8, 4) is 0 Å². The molecule has 24 heavy (non-hydrogen) atoms. The molecule has 2 fully saturated rings. The first-order valence-corrected chi connectivity index (χ1v) is 9.24. The van der Waals surface area contributed by atoms with E-state index in [1.807, 2.05) is 6.07 Å². The highest BCUT2D eigenvalue weighted by Gasteiger charge is 2.29. The van der Waals surface area contributed by atoms with Gasteiger partial charge in [0.1, 0.15) is 0 Å². The molecule has 1 aromatic heterocycles. The van der Waals surface area contributed by atoms with E-state index >= 15 is 0 Å². The number of hydrogen-bond acceptors (Lipinski definition) is 3. The van der Waals surface area contributed by atoms with Crippen molar-refractivity contribution < 1.29 is 4.79 Å². The maximum atomic E-state index is 12.3. The fourth-order valence-corrected chi connectivity index (χ4v) is 3.67. The van der Waals surface area contributed by atoms with Crippen LogP contribution in [0.4, 0.5) is 5.95 Å². The minimum atomic E-state index is 0.166. The zero-order chi connectivity index (χ0) is 16.5. The predicted molar refractivity (Wildman–Crippen MR) is 96.1 cm³/mol. The molecule has 0 unspecified atom stereocenters. The number of fused-ring (bicyclic) bond motifs is 1. The van der Waals surface area contributed by atoms with Crippen LogP contribution < -0.4 is 10.2 Å². The number of aryl methyl sites for hydroxylation is 1. The number of nitrogens with one attached hydrogen (secondary N) is 1. The van der Waals surface area contributed by atoms with Crippen LogP contribution in [0.15, 0.2) is 24.3 Å². The molecule has 2 aromatic rings. The maximum absolute atomic E-state index is 12.3. The lowest BCUT2D eigenvalue weighted by atomic mass is 9.96. The molecule has 4 rings (SSSR count). The summed E-state index contributed by atoms with van der Waals surface area (Å²) in [5.74, 6) is 2.22. The van der Waals surface area contributed by atoms with Gasteiger partial charge in [0.25, 0.3) is 0 Å². The minimum absolute atomic E-state index is 0.166. The summed E-state index contributed by atoms with van der Waals surface area (Å²) >= 11 is 0. The highest BCUT2D eigenvalue weighted by molar-refractivity contribution is 5.80. The lowest BCUT2D eigenvalue weighted by molar-refractivity contribution is -0.125. The Balaban J connectivity index is 1.42. The van der Waals surface area contributed by atoms with E-state index in [-0.39, 0.29) is 11.8 Å². The van der Waals surface area contributed by atoms with Crippen molar-refractivity contribution >= 4 is 22.9 Å². The highest BCUT2D eigenvalue weighted by Crippen LogP contribution is 2.29. The van der Waals surface area contributed by atoms with E-state index in [0.717, 1.165) is 56.4 Å². The summed E-state index contributed by atoms with van der Waals surface area (Å²) < 4.78 is 2.28. The molecule has 5 heteroatoms. The molecule has 1 saturated heterocycles. The van der Waals surface area contributed by atoms with Crippen LogP contribution in [0.2, 0.25) is 0 Å². The average Bonchev–Trinajstić information content (AvgIpc) is 3.38. The van der Waals surface area contributed by atoms with Gasteiger partial charge in [-0.25, -0.2) is 4.98 Å². The number of imidazole rings is 1. The molecule has 0 radical (unpaired) electrons. The molecular formula is C19H26N4O. The lowest BCUT2D eigenvalue weighted by Gasteiger charge is -2.32. The van der Waals surface area contributed by atoms with Gasteiger partial charge in [0.2, 0.25) is 11.9 Å². The fraction of sp³-hybridized carbons (Fsp3) is 0.579. The first-order valence-electron chi connectivity index (χ1n) is 9.24. The van der Waals surface area contributed by atoms with Gasteiger partial charge in [-0.1, -0.05) is 12.1 Å². The molecule has 0 spiro atoms. The average molecular weight is 326 g/mol. The fourth-order valence-electron chi connectivity index (χ4n) is 3.67. The first kappa shape index (κ1) is 15.5. The zero-order valence-electron chi connectivity index (χ0n) is 14.4. The van der Waals surface area contributed by atoms with Gasteiger partial charge in [-0.2, -0.15) is 0 Å². The van der Waals surface area contributed by atoms with E-state index in [9.17, 15) is 4.79 Å². The van der Waals surface area contributed by atoms with Crippen molar-refractivity contribution in [3.63, 3.8) is 0 Å². The molecule has 1 aliphatic heterocycles. The van der Waals surface area contributed by atoms with Crippen LogP contribution in [0.1, 0.15) is 32.6 Å². The second-order valence-corrected chi connectivity index (χ2v) is 7.09. The number of piperidine rings is 1. The number of carbonyl (C=O) groups is 1. The number of benzene rings is 1. The Hall–Kier alpha value is -2.04. The largest absolute Gasteiger partial charge is 0.356 e. The molecule has 1 aromatic carbocycles. The quantitative estimate of drug-likeness (QED) is 0.919. The zero-order valence-corrected chi connectivity index (χ0v) is 14.4. The van der Waals surface area contributed by atoms with Gasteiger partial charge >= 0.3 is 0 Å². The SMILES string of the molecule is CCn1c(N2CCC(C(=O)NCC3CC3)CC2)nc2ccccc21. The lowest BCUT2D eigenvalue weighted by Crippen LogP contribution is -2.41. The van der Waals surface area contributed by atoms with Crippen molar-refractivity contribution in [2.24, 2.45) is 11.8 Å². The van der Waals surface area contributed by atoms with E-state index < -0.39 is 0 Å². The van der Waals surface area contributed by atoms with Crippen LogP contribution in [0.5, 0.6) is 0 Å². The van der Waals surface area contributed by atoms with Crippen LogP contribution >= 0.6 is 0 Å². The van der Waals surface area contributed by atoms with E-state index in [1.165, 1.54) is 18.4 Å². The number of aromatic nitrogens is 2. The normalized spacial score (nSPS) is 19.0. The van der Waals surface area contributed by atoms with Crippen LogP contribution in [-0.4, -0.2) is 35.1 Å². The third-order valence-corrected chi connectivity index (χ3v) is 5.36. The molecule has 1 amide bonds. The third kappa shape index (κ3) is 2.99. The molecule has 0 bridgehead atoms. The number of amides is 1. The Morgan fingerprint density at radius 3 is 2.67 bits per heavy atom. The molecular weight excluding hydrogens is 300 g/mol. The Bertz CT molecular complexity index is 726.